The Morgan fingerprint density at radius 2 is 1.97 bits per heavy atom. The van der Waals surface area contributed by atoms with Gasteiger partial charge in [-0.1, -0.05) is 32.9 Å². The average molecular weight is 391 g/mol. The number of hydrogen-bond acceptors (Lipinski definition) is 4. The van der Waals surface area contributed by atoms with Gasteiger partial charge in [0.2, 0.25) is 0 Å². The SMILES string of the molecule is CC(C)(C)c1ccc(-n2ncc3c2CCCC3NC(=O)c2cnc[nH]c2=O)cc1. The summed E-state index contributed by atoms with van der Waals surface area (Å²) in [5, 5.41) is 7.57. The highest BCUT2D eigenvalue weighted by molar-refractivity contribution is 5.93. The van der Waals surface area contributed by atoms with Crippen LogP contribution in [0.3, 0.4) is 0 Å². The molecule has 2 N–H and O–H groups in total. The first-order valence-electron chi connectivity index (χ1n) is 9.86. The van der Waals surface area contributed by atoms with Crippen molar-refractivity contribution >= 4 is 5.91 Å². The molecular weight excluding hydrogens is 366 g/mol. The predicted molar refractivity (Wildman–Crippen MR) is 110 cm³/mol. The molecule has 2 heterocycles. The number of aromatic amines is 1. The van der Waals surface area contributed by atoms with E-state index >= 15 is 0 Å². The van der Waals surface area contributed by atoms with Gasteiger partial charge in [-0.3, -0.25) is 9.59 Å². The highest BCUT2D eigenvalue weighted by Crippen LogP contribution is 2.32. The summed E-state index contributed by atoms with van der Waals surface area (Å²) < 4.78 is 1.96. The summed E-state index contributed by atoms with van der Waals surface area (Å²) in [6.07, 6.45) is 7.03. The Kier molecular flexibility index (Phi) is 4.82. The number of hydrogen-bond donors (Lipinski definition) is 2. The molecule has 3 aromatic rings. The third kappa shape index (κ3) is 3.72. The van der Waals surface area contributed by atoms with Crippen LogP contribution in [0, 0.1) is 0 Å². The quantitative estimate of drug-likeness (QED) is 0.718. The molecule has 0 aliphatic heterocycles. The summed E-state index contributed by atoms with van der Waals surface area (Å²) >= 11 is 0. The van der Waals surface area contributed by atoms with Gasteiger partial charge in [0.25, 0.3) is 11.5 Å². The Morgan fingerprint density at radius 1 is 1.21 bits per heavy atom. The summed E-state index contributed by atoms with van der Waals surface area (Å²) in [4.78, 5) is 30.7. The van der Waals surface area contributed by atoms with E-state index in [1.165, 1.54) is 18.1 Å². The number of carbonyl (C=O) groups excluding carboxylic acids is 1. The van der Waals surface area contributed by atoms with Crippen molar-refractivity contribution < 1.29 is 4.79 Å². The van der Waals surface area contributed by atoms with Gasteiger partial charge in [0.05, 0.1) is 24.3 Å². The molecule has 0 bridgehead atoms. The molecule has 0 fully saturated rings. The van der Waals surface area contributed by atoms with Crippen LogP contribution in [0.4, 0.5) is 0 Å². The van der Waals surface area contributed by atoms with E-state index in [-0.39, 0.29) is 17.0 Å². The van der Waals surface area contributed by atoms with Gasteiger partial charge in [-0.2, -0.15) is 5.10 Å². The van der Waals surface area contributed by atoms with Crippen LogP contribution < -0.4 is 10.9 Å². The first-order chi connectivity index (χ1) is 13.8. The Morgan fingerprint density at radius 3 is 2.66 bits per heavy atom. The van der Waals surface area contributed by atoms with Crippen molar-refractivity contribution in [3.63, 3.8) is 0 Å². The molecule has 7 nitrogen and oxygen atoms in total. The van der Waals surface area contributed by atoms with E-state index in [0.29, 0.717) is 0 Å². The van der Waals surface area contributed by atoms with Crippen LogP contribution in [0.25, 0.3) is 5.69 Å². The van der Waals surface area contributed by atoms with Crippen LogP contribution in [-0.4, -0.2) is 25.7 Å². The fraction of sp³-hybridized carbons (Fsp3) is 0.364. The van der Waals surface area contributed by atoms with Crippen molar-refractivity contribution in [2.75, 3.05) is 0 Å². The first-order valence-corrected chi connectivity index (χ1v) is 9.86. The van der Waals surface area contributed by atoms with Crippen LogP contribution in [0.2, 0.25) is 0 Å². The minimum Gasteiger partial charge on any atom is -0.345 e. The van der Waals surface area contributed by atoms with E-state index in [1.807, 2.05) is 10.9 Å². The topological polar surface area (TPSA) is 92.7 Å². The molecule has 29 heavy (non-hydrogen) atoms. The highest BCUT2D eigenvalue weighted by Gasteiger charge is 2.27. The molecule has 0 saturated carbocycles. The summed E-state index contributed by atoms with van der Waals surface area (Å²) in [5.74, 6) is -0.417. The minimum absolute atomic E-state index is 0.0183. The summed E-state index contributed by atoms with van der Waals surface area (Å²) in [7, 11) is 0. The van der Waals surface area contributed by atoms with Crippen molar-refractivity contribution in [2.24, 2.45) is 0 Å². The van der Waals surface area contributed by atoms with Crippen molar-refractivity contribution in [3.05, 3.63) is 75.7 Å². The average Bonchev–Trinajstić information content (AvgIpc) is 3.13. The Bertz CT molecular complexity index is 1090. The first kappa shape index (κ1) is 19.1. The van der Waals surface area contributed by atoms with Gasteiger partial charge in [-0.15, -0.1) is 0 Å². The van der Waals surface area contributed by atoms with Gasteiger partial charge < -0.3 is 10.3 Å². The number of H-pyrrole nitrogens is 1. The van der Waals surface area contributed by atoms with Crippen molar-refractivity contribution in [1.82, 2.24) is 25.1 Å². The third-order valence-corrected chi connectivity index (χ3v) is 5.43. The van der Waals surface area contributed by atoms with Crippen molar-refractivity contribution in [1.29, 1.82) is 0 Å². The highest BCUT2D eigenvalue weighted by atomic mass is 16.2. The second-order valence-corrected chi connectivity index (χ2v) is 8.47. The molecule has 0 spiro atoms. The predicted octanol–water partition coefficient (Wildman–Crippen LogP) is 3.06. The van der Waals surface area contributed by atoms with Gasteiger partial charge in [0, 0.05) is 17.5 Å². The number of nitrogens with one attached hydrogen (secondary N) is 2. The Balaban J connectivity index is 1.60. The van der Waals surface area contributed by atoms with E-state index in [0.717, 1.165) is 36.2 Å². The molecule has 1 aliphatic rings. The summed E-state index contributed by atoms with van der Waals surface area (Å²) in [6.45, 7) is 6.58. The number of benzene rings is 1. The van der Waals surface area contributed by atoms with Crippen LogP contribution in [0.15, 0.2) is 47.8 Å². The lowest BCUT2D eigenvalue weighted by atomic mass is 9.87. The molecular formula is C22H25N5O2. The van der Waals surface area contributed by atoms with Gasteiger partial charge in [-0.25, -0.2) is 9.67 Å². The maximum absolute atomic E-state index is 12.6. The number of rotatable bonds is 3. The van der Waals surface area contributed by atoms with Crippen LogP contribution in [-0.2, 0) is 11.8 Å². The lowest BCUT2D eigenvalue weighted by Crippen LogP contribution is -2.34. The second kappa shape index (κ2) is 7.31. The number of nitrogens with zero attached hydrogens (tertiary/aromatic N) is 3. The van der Waals surface area contributed by atoms with E-state index in [4.69, 9.17) is 0 Å². The molecule has 1 amide bonds. The van der Waals surface area contributed by atoms with E-state index in [9.17, 15) is 9.59 Å². The molecule has 1 atom stereocenters. The van der Waals surface area contributed by atoms with Crippen LogP contribution >= 0.6 is 0 Å². The van der Waals surface area contributed by atoms with E-state index < -0.39 is 11.5 Å². The normalized spacial score (nSPS) is 16.3. The molecule has 1 unspecified atom stereocenters. The van der Waals surface area contributed by atoms with Crippen molar-refractivity contribution in [2.45, 2.75) is 51.5 Å². The fourth-order valence-corrected chi connectivity index (χ4v) is 3.77. The van der Waals surface area contributed by atoms with E-state index in [1.54, 1.807) is 0 Å². The molecule has 150 valence electrons. The molecule has 4 rings (SSSR count). The molecule has 7 heteroatoms. The lowest BCUT2D eigenvalue weighted by molar-refractivity contribution is 0.0930. The number of aromatic nitrogens is 4. The second-order valence-electron chi connectivity index (χ2n) is 8.47. The molecule has 2 aromatic heterocycles. The Hall–Kier alpha value is -3.22. The van der Waals surface area contributed by atoms with Gasteiger partial charge in [0.1, 0.15) is 5.56 Å². The third-order valence-electron chi connectivity index (χ3n) is 5.43. The summed E-state index contributed by atoms with van der Waals surface area (Å²) in [6, 6.07) is 8.28. The van der Waals surface area contributed by atoms with Crippen LogP contribution in [0.5, 0.6) is 0 Å². The maximum atomic E-state index is 12.6. The Labute approximate surface area is 169 Å². The minimum atomic E-state index is -0.442. The molecule has 0 radical (unpaired) electrons. The zero-order chi connectivity index (χ0) is 20.6. The zero-order valence-electron chi connectivity index (χ0n) is 16.9. The molecule has 1 aliphatic carbocycles. The van der Waals surface area contributed by atoms with Gasteiger partial charge >= 0.3 is 0 Å². The number of carbonyl (C=O) groups is 1. The summed E-state index contributed by atoms with van der Waals surface area (Å²) in [5.41, 5.74) is 4.06. The molecule has 0 saturated heterocycles. The zero-order valence-corrected chi connectivity index (χ0v) is 16.9. The number of amides is 1. The number of fused-ring (bicyclic) bond motifs is 1. The standard InChI is InChI=1S/C22H25N5O2/c1-22(2,3)14-7-9-15(10-8-14)27-19-6-4-5-18(16(19)12-25-27)26-21(29)17-11-23-13-24-20(17)28/h7-13,18H,4-6H2,1-3H3,(H,26,29)(H,23,24,28). The lowest BCUT2D eigenvalue weighted by Gasteiger charge is -2.24. The largest absolute Gasteiger partial charge is 0.345 e. The smallest absolute Gasteiger partial charge is 0.263 e. The fourth-order valence-electron chi connectivity index (χ4n) is 3.77. The molecule has 1 aromatic carbocycles. The monoisotopic (exact) mass is 391 g/mol. The van der Waals surface area contributed by atoms with E-state index in [2.05, 4.69) is 65.4 Å². The van der Waals surface area contributed by atoms with Crippen molar-refractivity contribution in [3.8, 4) is 5.69 Å². The maximum Gasteiger partial charge on any atom is 0.263 e. The van der Waals surface area contributed by atoms with Gasteiger partial charge in [-0.05, 0) is 42.4 Å². The van der Waals surface area contributed by atoms with Gasteiger partial charge in [0.15, 0.2) is 0 Å². The van der Waals surface area contributed by atoms with Crippen LogP contribution in [0.1, 0.15) is 66.8 Å².